The van der Waals surface area contributed by atoms with Crippen LogP contribution in [0, 0.1) is 11.3 Å². The van der Waals surface area contributed by atoms with Gasteiger partial charge in [0.25, 0.3) is 0 Å². The van der Waals surface area contributed by atoms with E-state index >= 15 is 0 Å². The largest absolute Gasteiger partial charge is 0.477 e. The molecule has 2 aliphatic heterocycles. The first-order valence-corrected chi connectivity index (χ1v) is 8.49. The molecule has 3 rings (SSSR count). The average Bonchev–Trinajstić information content (AvgIpc) is 2.98. The number of hydrogen-bond acceptors (Lipinski definition) is 9. The maximum Gasteiger partial charge on any atom is 0.352 e. The predicted molar refractivity (Wildman–Crippen MR) is 79.9 cm³/mol. The number of aromatic nitrogens is 4. The highest BCUT2D eigenvalue weighted by Gasteiger charge is 2.51. The lowest BCUT2D eigenvalue weighted by Crippen LogP contribution is -2.68. The molecule has 0 saturated carbocycles. The fourth-order valence-corrected chi connectivity index (χ4v) is 4.62. The molecule has 120 valence electrons. The average molecular weight is 353 g/mol. The first-order valence-electron chi connectivity index (χ1n) is 6.46. The van der Waals surface area contributed by atoms with E-state index in [1.165, 1.54) is 33.1 Å². The van der Waals surface area contributed by atoms with Gasteiger partial charge < -0.3 is 10.8 Å². The first-order chi connectivity index (χ1) is 11.0. The molecule has 2 atom stereocenters. The van der Waals surface area contributed by atoms with Crippen molar-refractivity contribution in [2.45, 2.75) is 23.1 Å². The highest BCUT2D eigenvalue weighted by Crippen LogP contribution is 2.40. The number of tetrazole rings is 1. The van der Waals surface area contributed by atoms with Crippen LogP contribution in [0.4, 0.5) is 0 Å². The Morgan fingerprint density at radius 3 is 3.09 bits per heavy atom. The summed E-state index contributed by atoms with van der Waals surface area (Å²) in [5, 5.41) is 29.2. The van der Waals surface area contributed by atoms with Crippen LogP contribution in [0.2, 0.25) is 0 Å². The summed E-state index contributed by atoms with van der Waals surface area (Å²) in [4.78, 5) is 24.6. The normalized spacial score (nSPS) is 23.3. The molecule has 23 heavy (non-hydrogen) atoms. The molecule has 1 unspecified atom stereocenters. The number of amides is 1. The van der Waals surface area contributed by atoms with Crippen LogP contribution in [0.1, 0.15) is 0 Å². The maximum absolute atomic E-state index is 11.8. The van der Waals surface area contributed by atoms with Crippen molar-refractivity contribution in [1.82, 2.24) is 25.1 Å². The van der Waals surface area contributed by atoms with Gasteiger partial charge in [0.2, 0.25) is 11.1 Å². The summed E-state index contributed by atoms with van der Waals surface area (Å²) in [6.45, 7) is 0.0104. The van der Waals surface area contributed by atoms with Gasteiger partial charge in [0.1, 0.15) is 23.7 Å². The Kier molecular flexibility index (Phi) is 4.24. The Bertz CT molecular complexity index is 740. The van der Waals surface area contributed by atoms with Crippen LogP contribution in [0.15, 0.2) is 16.4 Å². The molecule has 0 aromatic carbocycles. The van der Waals surface area contributed by atoms with Gasteiger partial charge >= 0.3 is 5.97 Å². The van der Waals surface area contributed by atoms with E-state index in [1.807, 2.05) is 6.07 Å². The van der Waals surface area contributed by atoms with Crippen LogP contribution in [0.3, 0.4) is 0 Å². The highest BCUT2D eigenvalue weighted by molar-refractivity contribution is 8.01. The Morgan fingerprint density at radius 1 is 1.61 bits per heavy atom. The molecular weight excluding hydrogens is 342 g/mol. The van der Waals surface area contributed by atoms with Gasteiger partial charge in [0.15, 0.2) is 0 Å². The van der Waals surface area contributed by atoms with Gasteiger partial charge in [-0.2, -0.15) is 5.26 Å². The molecule has 1 aromatic rings. The Balaban J connectivity index is 1.80. The molecule has 2 aliphatic rings. The Hall–Kier alpha value is -2.10. The van der Waals surface area contributed by atoms with Crippen molar-refractivity contribution in [3.8, 4) is 6.07 Å². The smallest absolute Gasteiger partial charge is 0.352 e. The van der Waals surface area contributed by atoms with Crippen LogP contribution in [0.5, 0.6) is 0 Å². The van der Waals surface area contributed by atoms with Gasteiger partial charge in [0, 0.05) is 11.5 Å². The summed E-state index contributed by atoms with van der Waals surface area (Å²) >= 11 is 2.66. The molecule has 1 aromatic heterocycles. The number of carboxylic acid groups (broad SMARTS) is 1. The van der Waals surface area contributed by atoms with Crippen LogP contribution in [-0.2, 0) is 16.1 Å². The Labute approximate surface area is 138 Å². The number of hydrogen-bond donors (Lipinski definition) is 2. The molecular formula is C11H11N7O3S2. The number of thioether (sulfide) groups is 2. The minimum Gasteiger partial charge on any atom is -0.477 e. The fourth-order valence-electron chi connectivity index (χ4n) is 2.31. The Morgan fingerprint density at radius 2 is 2.39 bits per heavy atom. The fraction of sp³-hybridized carbons (Fsp3) is 0.455. The number of fused-ring (bicyclic) bond motifs is 1. The molecule has 10 nitrogen and oxygen atoms in total. The summed E-state index contributed by atoms with van der Waals surface area (Å²) in [7, 11) is 0. The van der Waals surface area contributed by atoms with Gasteiger partial charge in [-0.05, 0) is 16.0 Å². The standard InChI is InChI=1S/C11H11N7O3S2/c12-1-2-17-11(14-15-16-17)23-4-5-3-22-9-6(13)8(19)18(9)7(5)10(20)21/h6,9H,2-4,13H2,(H,20,21)/t6?,9-/m1/s1. The second kappa shape index (κ2) is 6.19. The van der Waals surface area contributed by atoms with Crippen molar-refractivity contribution in [3.05, 3.63) is 11.3 Å². The van der Waals surface area contributed by atoms with Crippen LogP contribution < -0.4 is 5.73 Å². The number of carbonyl (C=O) groups excluding carboxylic acids is 1. The maximum atomic E-state index is 11.8. The third-order valence-corrected chi connectivity index (χ3v) is 5.79. The van der Waals surface area contributed by atoms with Gasteiger partial charge in [-0.25, -0.2) is 9.48 Å². The van der Waals surface area contributed by atoms with E-state index < -0.39 is 12.0 Å². The highest BCUT2D eigenvalue weighted by atomic mass is 32.2. The predicted octanol–water partition coefficient (Wildman–Crippen LogP) is -1.13. The van der Waals surface area contributed by atoms with Crippen molar-refractivity contribution in [2.75, 3.05) is 11.5 Å². The van der Waals surface area contributed by atoms with Gasteiger partial charge in [-0.15, -0.1) is 16.9 Å². The summed E-state index contributed by atoms with van der Waals surface area (Å²) in [6, 6.07) is 1.29. The number of nitrogens with zero attached hydrogens (tertiary/aromatic N) is 6. The van der Waals surface area contributed by atoms with Crippen LogP contribution >= 0.6 is 23.5 Å². The summed E-state index contributed by atoms with van der Waals surface area (Å²) in [6.07, 6.45) is 0. The van der Waals surface area contributed by atoms with Crippen molar-refractivity contribution in [1.29, 1.82) is 5.26 Å². The number of carbonyl (C=O) groups is 2. The molecule has 1 saturated heterocycles. The molecule has 0 aliphatic carbocycles. The lowest BCUT2D eigenvalue weighted by Gasteiger charge is -2.48. The summed E-state index contributed by atoms with van der Waals surface area (Å²) in [5.74, 6) is -0.748. The molecule has 0 spiro atoms. The quantitative estimate of drug-likeness (QED) is 0.491. The zero-order chi connectivity index (χ0) is 16.6. The molecule has 3 N–H and O–H groups in total. The number of nitriles is 1. The minimum absolute atomic E-state index is 0.00717. The van der Waals surface area contributed by atoms with E-state index in [2.05, 4.69) is 15.5 Å². The van der Waals surface area contributed by atoms with E-state index in [-0.39, 0.29) is 23.5 Å². The second-order valence-electron chi connectivity index (χ2n) is 4.76. The monoisotopic (exact) mass is 353 g/mol. The minimum atomic E-state index is -1.15. The molecule has 1 amide bonds. The first kappa shape index (κ1) is 15.8. The van der Waals surface area contributed by atoms with Crippen LogP contribution in [0.25, 0.3) is 0 Å². The van der Waals surface area contributed by atoms with Gasteiger partial charge in [0.05, 0.1) is 6.07 Å². The van der Waals surface area contributed by atoms with Gasteiger partial charge in [-0.3, -0.25) is 9.69 Å². The second-order valence-corrected chi connectivity index (χ2v) is 6.81. The lowest BCUT2D eigenvalue weighted by atomic mass is 10.0. The number of nitrogens with two attached hydrogens (primary N) is 1. The molecule has 0 radical (unpaired) electrons. The number of β-lactam (4-membered cyclic amide) rings is 1. The third kappa shape index (κ3) is 2.67. The number of rotatable bonds is 5. The zero-order valence-corrected chi connectivity index (χ0v) is 13.2. The molecule has 3 heterocycles. The lowest BCUT2D eigenvalue weighted by molar-refractivity contribution is -0.147. The summed E-state index contributed by atoms with van der Waals surface area (Å²) in [5.41, 5.74) is 6.30. The third-order valence-electron chi connectivity index (χ3n) is 3.39. The van der Waals surface area contributed by atoms with Crippen molar-refractivity contribution >= 4 is 35.4 Å². The van der Waals surface area contributed by atoms with Crippen molar-refractivity contribution in [3.63, 3.8) is 0 Å². The van der Waals surface area contributed by atoms with E-state index in [0.717, 1.165) is 0 Å². The topological polar surface area (TPSA) is 151 Å². The van der Waals surface area contributed by atoms with E-state index in [0.29, 0.717) is 22.2 Å². The molecule has 1 fully saturated rings. The van der Waals surface area contributed by atoms with E-state index in [1.54, 1.807) is 0 Å². The van der Waals surface area contributed by atoms with Crippen LogP contribution in [-0.4, -0.2) is 65.0 Å². The zero-order valence-electron chi connectivity index (χ0n) is 11.6. The summed E-state index contributed by atoms with van der Waals surface area (Å²) < 4.78 is 1.33. The molecule has 12 heteroatoms. The van der Waals surface area contributed by atoms with E-state index in [9.17, 15) is 14.7 Å². The SMILES string of the molecule is N#CCn1nnnc1SCC1=C(C(=O)O)N2C(=O)C(N)[C@H]2SC1. The molecule has 0 bridgehead atoms. The van der Waals surface area contributed by atoms with Crippen molar-refractivity contribution in [2.24, 2.45) is 5.73 Å². The van der Waals surface area contributed by atoms with E-state index in [4.69, 9.17) is 11.0 Å². The number of aliphatic carboxylic acids is 1. The van der Waals surface area contributed by atoms with Gasteiger partial charge in [-0.1, -0.05) is 11.8 Å². The van der Waals surface area contributed by atoms with Crippen molar-refractivity contribution < 1.29 is 14.7 Å². The number of carboxylic acids is 1.